The molecule has 0 radical (unpaired) electrons. The van der Waals surface area contributed by atoms with E-state index in [1.54, 1.807) is 0 Å². The number of carbonyl (C=O) groups excluding carboxylic acids is 2. The predicted molar refractivity (Wildman–Crippen MR) is 109 cm³/mol. The Morgan fingerprint density at radius 2 is 2.00 bits per heavy atom. The molecule has 3 N–H and O–H groups in total. The minimum absolute atomic E-state index is 0.104. The number of halogens is 3. The number of carbonyl (C=O) groups is 2. The number of nitrogens with zero attached hydrogens (tertiary/aromatic N) is 4. The van der Waals surface area contributed by atoms with E-state index >= 15 is 0 Å². The first-order valence-electron chi connectivity index (χ1n) is 10.1. The summed E-state index contributed by atoms with van der Waals surface area (Å²) in [6, 6.07) is 0. The van der Waals surface area contributed by atoms with Crippen LogP contribution in [-0.2, 0) is 20.5 Å². The number of anilines is 2. The summed E-state index contributed by atoms with van der Waals surface area (Å²) in [4.78, 5) is 32.2. The zero-order chi connectivity index (χ0) is 23.9. The second-order valence-corrected chi connectivity index (χ2v) is 8.66. The molecule has 0 aliphatic carbocycles. The van der Waals surface area contributed by atoms with E-state index in [1.165, 1.54) is 4.90 Å². The van der Waals surface area contributed by atoms with Gasteiger partial charge in [0.05, 0.1) is 37.6 Å². The van der Waals surface area contributed by atoms with Crippen LogP contribution in [0.15, 0.2) is 6.20 Å². The quantitative estimate of drug-likeness (QED) is 0.290. The zero-order valence-corrected chi connectivity index (χ0v) is 18.3. The summed E-state index contributed by atoms with van der Waals surface area (Å²) in [5, 5.41) is 9.82. The van der Waals surface area contributed by atoms with E-state index in [1.807, 2.05) is 20.8 Å². The average molecular weight is 462 g/mol. The summed E-state index contributed by atoms with van der Waals surface area (Å²) in [5.74, 6) is -1.86. The van der Waals surface area contributed by atoms with Gasteiger partial charge in [0.1, 0.15) is 0 Å². The van der Waals surface area contributed by atoms with Gasteiger partial charge >= 0.3 is 6.18 Å². The number of hydrogen-bond donors (Lipinski definition) is 3. The molecule has 0 spiro atoms. The number of alkyl halides is 3. The lowest BCUT2D eigenvalue weighted by atomic mass is 9.86. The molecule has 0 aromatic carbocycles. The minimum atomic E-state index is -4.73. The Morgan fingerprint density at radius 1 is 1.34 bits per heavy atom. The third-order valence-corrected chi connectivity index (χ3v) is 4.83. The molecule has 1 aliphatic heterocycles. The van der Waals surface area contributed by atoms with Crippen molar-refractivity contribution >= 4 is 24.0 Å². The molecule has 0 saturated carbocycles. The number of rotatable bonds is 9. The van der Waals surface area contributed by atoms with Crippen molar-refractivity contribution in [2.45, 2.75) is 39.8 Å². The molecule has 10 nitrogen and oxygen atoms in total. The van der Waals surface area contributed by atoms with Gasteiger partial charge in [0.15, 0.2) is 5.69 Å². The molecule has 1 unspecified atom stereocenters. The third-order valence-electron chi connectivity index (χ3n) is 4.83. The topological polar surface area (TPSA) is 120 Å². The summed E-state index contributed by atoms with van der Waals surface area (Å²) < 4.78 is 45.9. The van der Waals surface area contributed by atoms with Crippen molar-refractivity contribution < 1.29 is 32.7 Å². The molecule has 13 heteroatoms. The number of hydrogen-bond acceptors (Lipinski definition) is 8. The van der Waals surface area contributed by atoms with Crippen LogP contribution in [0.1, 0.15) is 39.3 Å². The number of ether oxygens (including phenoxy) is 1. The van der Waals surface area contributed by atoms with Crippen molar-refractivity contribution in [1.82, 2.24) is 20.5 Å². The summed E-state index contributed by atoms with van der Waals surface area (Å²) in [6.45, 7) is 6.80. The number of hydroxylamine groups is 2. The van der Waals surface area contributed by atoms with E-state index in [9.17, 15) is 28.0 Å². The lowest BCUT2D eigenvalue weighted by molar-refractivity contribution is -0.154. The van der Waals surface area contributed by atoms with Crippen molar-refractivity contribution in [2.24, 2.45) is 11.3 Å². The fraction of sp³-hybridized carbons (Fsp3) is 0.684. The molecule has 2 amide bonds. The monoisotopic (exact) mass is 462 g/mol. The maximum Gasteiger partial charge on any atom is 0.435 e. The Labute approximate surface area is 184 Å². The van der Waals surface area contributed by atoms with E-state index in [0.29, 0.717) is 31.1 Å². The molecule has 1 saturated heterocycles. The fourth-order valence-corrected chi connectivity index (χ4v) is 3.08. The third kappa shape index (κ3) is 7.79. The highest BCUT2D eigenvalue weighted by Gasteiger charge is 2.38. The van der Waals surface area contributed by atoms with Crippen molar-refractivity contribution in [3.8, 4) is 0 Å². The van der Waals surface area contributed by atoms with Gasteiger partial charge in [-0.25, -0.2) is 15.0 Å². The fourth-order valence-electron chi connectivity index (χ4n) is 3.08. The number of aromatic nitrogens is 2. The van der Waals surface area contributed by atoms with Gasteiger partial charge in [-0.1, -0.05) is 20.8 Å². The molecular weight excluding hydrogens is 433 g/mol. The van der Waals surface area contributed by atoms with Gasteiger partial charge < -0.3 is 9.64 Å². The van der Waals surface area contributed by atoms with Crippen LogP contribution in [0, 0.1) is 11.3 Å². The number of nitrogens with one attached hydrogen (secondary N) is 2. The zero-order valence-electron chi connectivity index (χ0n) is 18.3. The highest BCUT2D eigenvalue weighted by atomic mass is 19.4. The average Bonchev–Trinajstić information content (AvgIpc) is 2.73. The van der Waals surface area contributed by atoms with Gasteiger partial charge in [0.2, 0.25) is 18.3 Å². The van der Waals surface area contributed by atoms with Crippen molar-refractivity contribution in [2.75, 3.05) is 43.2 Å². The van der Waals surface area contributed by atoms with Gasteiger partial charge in [-0.3, -0.25) is 25.6 Å². The van der Waals surface area contributed by atoms with Crippen LogP contribution in [0.5, 0.6) is 0 Å². The first-order chi connectivity index (χ1) is 14.9. The largest absolute Gasteiger partial charge is 0.435 e. The molecule has 32 heavy (non-hydrogen) atoms. The highest BCUT2D eigenvalue weighted by Crippen LogP contribution is 2.35. The molecule has 2 rings (SSSR count). The van der Waals surface area contributed by atoms with E-state index < -0.39 is 29.6 Å². The van der Waals surface area contributed by atoms with E-state index in [4.69, 9.17) is 4.74 Å². The van der Waals surface area contributed by atoms with Crippen LogP contribution in [0.25, 0.3) is 0 Å². The van der Waals surface area contributed by atoms with Gasteiger partial charge in [-0.2, -0.15) is 13.2 Å². The van der Waals surface area contributed by atoms with Crippen LogP contribution in [-0.4, -0.2) is 65.4 Å². The molecule has 0 bridgehead atoms. The van der Waals surface area contributed by atoms with E-state index in [0.717, 1.165) is 6.20 Å². The molecule has 1 atom stereocenters. The van der Waals surface area contributed by atoms with E-state index in [-0.39, 0.29) is 37.1 Å². The van der Waals surface area contributed by atoms with Gasteiger partial charge in [-0.15, -0.1) is 0 Å². The van der Waals surface area contributed by atoms with Gasteiger partial charge in [0, 0.05) is 13.1 Å². The molecule has 180 valence electrons. The summed E-state index contributed by atoms with van der Waals surface area (Å²) >= 11 is 0. The van der Waals surface area contributed by atoms with Crippen LogP contribution in [0.2, 0.25) is 0 Å². The Hall–Kier alpha value is -2.67. The van der Waals surface area contributed by atoms with Crippen molar-refractivity contribution in [3.63, 3.8) is 0 Å². The smallest absolute Gasteiger partial charge is 0.378 e. The molecule has 1 fully saturated rings. The molecule has 1 aromatic heterocycles. The number of hydrazine groups is 1. The van der Waals surface area contributed by atoms with Crippen LogP contribution in [0.3, 0.4) is 0 Å². The SMILES string of the molecule is CC(C)(C)CCC(CN(O)C=O)C(=O)NNc1ncc(N2CCOCC2)c(C(F)(F)F)n1. The summed E-state index contributed by atoms with van der Waals surface area (Å²) in [7, 11) is 0. The summed E-state index contributed by atoms with van der Waals surface area (Å²) in [6.07, 6.45) is -2.55. The van der Waals surface area contributed by atoms with Gasteiger partial charge in [-0.05, 0) is 18.3 Å². The maximum absolute atomic E-state index is 13.6. The second-order valence-electron chi connectivity index (χ2n) is 8.66. The molecule has 1 aromatic rings. The normalized spacial score (nSPS) is 15.8. The Balaban J connectivity index is 2.12. The maximum atomic E-state index is 13.6. The minimum Gasteiger partial charge on any atom is -0.378 e. The molecular formula is C19H29F3N6O4. The second kappa shape index (κ2) is 10.8. The van der Waals surface area contributed by atoms with Gasteiger partial charge in [0.25, 0.3) is 0 Å². The number of amides is 2. The number of morpholine rings is 1. The first kappa shape index (κ1) is 25.6. The first-order valence-corrected chi connectivity index (χ1v) is 10.1. The van der Waals surface area contributed by atoms with E-state index in [2.05, 4.69) is 20.8 Å². The Bertz CT molecular complexity index is 781. The van der Waals surface area contributed by atoms with Crippen LogP contribution >= 0.6 is 0 Å². The molecule has 2 heterocycles. The predicted octanol–water partition coefficient (Wildman–Crippen LogP) is 2.07. The highest BCUT2D eigenvalue weighted by molar-refractivity contribution is 5.80. The van der Waals surface area contributed by atoms with Crippen molar-refractivity contribution in [1.29, 1.82) is 0 Å². The molecule has 1 aliphatic rings. The Morgan fingerprint density at radius 3 is 2.56 bits per heavy atom. The lowest BCUT2D eigenvalue weighted by Crippen LogP contribution is -2.41. The standard InChI is InChI=1S/C19H29F3N6O4/c1-18(2,3)5-4-13(11-28(31)12-29)16(30)25-26-17-23-10-14(15(24-17)19(20,21)22)27-6-8-32-9-7-27/h10,12-13,31H,4-9,11H2,1-3H3,(H,25,30)(H,23,24,26). The van der Waals surface area contributed by atoms with Crippen molar-refractivity contribution in [3.05, 3.63) is 11.9 Å². The van der Waals surface area contributed by atoms with Crippen LogP contribution in [0.4, 0.5) is 24.8 Å². The summed E-state index contributed by atoms with van der Waals surface area (Å²) in [5.41, 5.74) is 3.18. The Kier molecular flexibility index (Phi) is 8.61. The van der Waals surface area contributed by atoms with Crippen LogP contribution < -0.4 is 15.8 Å². The lowest BCUT2D eigenvalue weighted by Gasteiger charge is -2.30.